The molecule has 1 unspecified atom stereocenters. The summed E-state index contributed by atoms with van der Waals surface area (Å²) in [7, 11) is 0. The maximum atomic E-state index is 2.41. The van der Waals surface area contributed by atoms with E-state index in [0.717, 1.165) is 11.8 Å². The highest BCUT2D eigenvalue weighted by Crippen LogP contribution is 2.44. The van der Waals surface area contributed by atoms with Crippen LogP contribution < -0.4 is 0 Å². The molecular weight excluding hydrogens is 204 g/mol. The highest BCUT2D eigenvalue weighted by Gasteiger charge is 2.35. The van der Waals surface area contributed by atoms with E-state index in [4.69, 9.17) is 0 Å². The van der Waals surface area contributed by atoms with Gasteiger partial charge in [0.2, 0.25) is 0 Å². The van der Waals surface area contributed by atoms with Crippen LogP contribution in [0.4, 0.5) is 0 Å². The summed E-state index contributed by atoms with van der Waals surface area (Å²) >= 11 is 0. The van der Waals surface area contributed by atoms with Crippen LogP contribution >= 0.6 is 0 Å². The second kappa shape index (κ2) is 5.33. The lowest BCUT2D eigenvalue weighted by Crippen LogP contribution is -2.33. The Hall–Kier alpha value is 0. The highest BCUT2D eigenvalue weighted by atomic mass is 14.4. The molecule has 0 aromatic heterocycles. The van der Waals surface area contributed by atoms with Gasteiger partial charge in [0, 0.05) is 0 Å². The fourth-order valence-corrected chi connectivity index (χ4v) is 3.01. The summed E-state index contributed by atoms with van der Waals surface area (Å²) < 4.78 is 0. The summed E-state index contributed by atoms with van der Waals surface area (Å²) in [5.41, 5.74) is 1.27. The predicted molar refractivity (Wildman–Crippen MR) is 80.3 cm³/mol. The number of rotatable bonds is 3. The second-order valence-electron chi connectivity index (χ2n) is 9.13. The van der Waals surface area contributed by atoms with Crippen LogP contribution in [0, 0.1) is 28.1 Å². The molecule has 1 atom stereocenters. The number of hydrogen-bond donors (Lipinski definition) is 0. The predicted octanol–water partition coefficient (Wildman–Crippen LogP) is 6.16. The molecule has 0 amide bonds. The molecule has 0 aromatic rings. The van der Waals surface area contributed by atoms with E-state index >= 15 is 0 Å². The van der Waals surface area contributed by atoms with Crippen molar-refractivity contribution in [2.75, 3.05) is 0 Å². The van der Waals surface area contributed by atoms with E-state index in [1.165, 1.54) is 12.8 Å². The molecule has 104 valence electrons. The molecule has 0 N–H and O–H groups in total. The summed E-state index contributed by atoms with van der Waals surface area (Å²) in [4.78, 5) is 0. The van der Waals surface area contributed by atoms with Crippen molar-refractivity contribution in [2.45, 2.75) is 82.1 Å². The molecule has 0 fully saturated rings. The Labute approximate surface area is 111 Å². The van der Waals surface area contributed by atoms with Gasteiger partial charge in [0.25, 0.3) is 0 Å². The molecule has 0 radical (unpaired) electrons. The topological polar surface area (TPSA) is 0 Å². The van der Waals surface area contributed by atoms with Gasteiger partial charge in [0.05, 0.1) is 0 Å². The van der Waals surface area contributed by atoms with Crippen LogP contribution in [0.25, 0.3) is 0 Å². The van der Waals surface area contributed by atoms with Gasteiger partial charge in [-0.2, -0.15) is 0 Å². The molecule has 0 aliphatic heterocycles. The van der Waals surface area contributed by atoms with Gasteiger partial charge < -0.3 is 0 Å². The minimum atomic E-state index is 0.413. The highest BCUT2D eigenvalue weighted by molar-refractivity contribution is 4.85. The molecule has 17 heavy (non-hydrogen) atoms. The minimum Gasteiger partial charge on any atom is -0.0620 e. The van der Waals surface area contributed by atoms with Crippen molar-refractivity contribution in [3.8, 4) is 0 Å². The van der Waals surface area contributed by atoms with Gasteiger partial charge in [0.1, 0.15) is 0 Å². The third-order valence-electron chi connectivity index (χ3n) is 4.46. The van der Waals surface area contributed by atoms with Crippen molar-refractivity contribution >= 4 is 0 Å². The van der Waals surface area contributed by atoms with Gasteiger partial charge in [-0.25, -0.2) is 0 Å². The molecule has 0 spiro atoms. The molecule has 0 aromatic carbocycles. The lowest BCUT2D eigenvalue weighted by Gasteiger charge is -2.42. The molecule has 0 rings (SSSR count). The summed E-state index contributed by atoms with van der Waals surface area (Å²) in [5, 5.41) is 0. The van der Waals surface area contributed by atoms with Gasteiger partial charge >= 0.3 is 0 Å². The van der Waals surface area contributed by atoms with Gasteiger partial charge in [-0.3, -0.25) is 0 Å². The average molecular weight is 240 g/mol. The van der Waals surface area contributed by atoms with Crippen LogP contribution in [0.15, 0.2) is 0 Å². The first-order valence-corrected chi connectivity index (χ1v) is 7.26. The Kier molecular flexibility index (Phi) is 5.33. The number of hydrogen-bond acceptors (Lipinski definition) is 0. The van der Waals surface area contributed by atoms with Crippen molar-refractivity contribution in [1.29, 1.82) is 0 Å². The standard InChI is InChI=1S/C17H36/c1-13(15(2,3)4)11-12-14(16(5,6)7)17(8,9)10/h13-14H,11-12H2,1-10H3. The molecule has 0 heterocycles. The van der Waals surface area contributed by atoms with Crippen LogP contribution in [0.2, 0.25) is 0 Å². The molecular formula is C17H36. The maximum Gasteiger partial charge on any atom is -0.0316 e. The second-order valence-corrected chi connectivity index (χ2v) is 9.13. The normalized spacial score (nSPS) is 16.4. The van der Waals surface area contributed by atoms with E-state index in [1.807, 2.05) is 0 Å². The SMILES string of the molecule is CC(CCC(C(C)(C)C)C(C)(C)C)C(C)(C)C. The van der Waals surface area contributed by atoms with Crippen LogP contribution in [-0.2, 0) is 0 Å². The first-order valence-electron chi connectivity index (χ1n) is 7.26. The molecule has 0 heteroatoms. The van der Waals surface area contributed by atoms with Crippen LogP contribution in [0.3, 0.4) is 0 Å². The van der Waals surface area contributed by atoms with E-state index < -0.39 is 0 Å². The first kappa shape index (κ1) is 17.0. The van der Waals surface area contributed by atoms with Gasteiger partial charge in [0.15, 0.2) is 0 Å². The van der Waals surface area contributed by atoms with E-state index in [9.17, 15) is 0 Å². The van der Waals surface area contributed by atoms with Crippen molar-refractivity contribution in [3.05, 3.63) is 0 Å². The van der Waals surface area contributed by atoms with Crippen molar-refractivity contribution in [2.24, 2.45) is 28.1 Å². The zero-order valence-corrected chi connectivity index (χ0v) is 14.1. The first-order chi connectivity index (χ1) is 7.26. The molecule has 0 aliphatic carbocycles. The van der Waals surface area contributed by atoms with Gasteiger partial charge in [-0.1, -0.05) is 69.2 Å². The maximum absolute atomic E-state index is 2.41. The van der Waals surface area contributed by atoms with Crippen LogP contribution in [-0.4, -0.2) is 0 Å². The average Bonchev–Trinajstić information content (AvgIpc) is 1.96. The fourth-order valence-electron chi connectivity index (χ4n) is 3.01. The van der Waals surface area contributed by atoms with Gasteiger partial charge in [-0.05, 0) is 40.9 Å². The Morgan fingerprint density at radius 3 is 1.18 bits per heavy atom. The van der Waals surface area contributed by atoms with E-state index in [-0.39, 0.29) is 0 Å². The summed E-state index contributed by atoms with van der Waals surface area (Å²) in [6.07, 6.45) is 2.70. The smallest absolute Gasteiger partial charge is 0.0316 e. The lowest BCUT2D eigenvalue weighted by atomic mass is 9.63. The quantitative estimate of drug-likeness (QED) is 0.554. The largest absolute Gasteiger partial charge is 0.0620 e. The Morgan fingerprint density at radius 1 is 0.588 bits per heavy atom. The summed E-state index contributed by atoms with van der Waals surface area (Å²) in [6.45, 7) is 23.9. The molecule has 0 saturated carbocycles. The Bertz CT molecular complexity index is 202. The third kappa shape index (κ3) is 5.93. The van der Waals surface area contributed by atoms with E-state index in [0.29, 0.717) is 16.2 Å². The van der Waals surface area contributed by atoms with Crippen LogP contribution in [0.5, 0.6) is 0 Å². The summed E-state index contributed by atoms with van der Waals surface area (Å²) in [5.74, 6) is 1.59. The lowest BCUT2D eigenvalue weighted by molar-refractivity contribution is 0.0779. The molecule has 0 aliphatic rings. The zero-order valence-electron chi connectivity index (χ0n) is 14.1. The molecule has 0 bridgehead atoms. The van der Waals surface area contributed by atoms with Gasteiger partial charge in [-0.15, -0.1) is 0 Å². The summed E-state index contributed by atoms with van der Waals surface area (Å²) in [6, 6.07) is 0. The zero-order chi connectivity index (χ0) is 14.1. The Morgan fingerprint density at radius 2 is 0.941 bits per heavy atom. The van der Waals surface area contributed by atoms with Crippen molar-refractivity contribution in [1.82, 2.24) is 0 Å². The van der Waals surface area contributed by atoms with Crippen molar-refractivity contribution in [3.63, 3.8) is 0 Å². The van der Waals surface area contributed by atoms with Crippen molar-refractivity contribution < 1.29 is 0 Å². The monoisotopic (exact) mass is 240 g/mol. The Balaban J connectivity index is 4.61. The fraction of sp³-hybridized carbons (Fsp3) is 1.00. The molecule has 0 saturated heterocycles. The third-order valence-corrected chi connectivity index (χ3v) is 4.46. The van der Waals surface area contributed by atoms with Crippen LogP contribution in [0.1, 0.15) is 82.1 Å². The molecule has 0 nitrogen and oxygen atoms in total. The minimum absolute atomic E-state index is 0.413. The van der Waals surface area contributed by atoms with E-state index in [2.05, 4.69) is 69.2 Å². The van der Waals surface area contributed by atoms with E-state index in [1.54, 1.807) is 0 Å².